The predicted octanol–water partition coefficient (Wildman–Crippen LogP) is 18.0. The molecular formula is C65H67N3O. The lowest BCUT2D eigenvalue weighted by Gasteiger charge is -2.40. The van der Waals surface area contributed by atoms with Gasteiger partial charge in [0.05, 0.1) is 28.0 Å². The lowest BCUT2D eigenvalue weighted by Crippen LogP contribution is -2.34. The number of hydrogen-bond donors (Lipinski definition) is 1. The van der Waals surface area contributed by atoms with E-state index in [4.69, 9.17) is 18.2 Å². The number of pyridine rings is 1. The second-order valence-electron chi connectivity index (χ2n) is 20.6. The summed E-state index contributed by atoms with van der Waals surface area (Å²) in [6, 6.07) is 53.8. The number of benzene rings is 7. The number of phenols is 1. The molecule has 0 aliphatic rings. The Morgan fingerprint density at radius 1 is 0.536 bits per heavy atom. The zero-order valence-electron chi connectivity index (χ0n) is 49.5. The maximum atomic E-state index is 12.5. The van der Waals surface area contributed by atoms with Gasteiger partial charge in [-0.05, 0) is 138 Å². The molecule has 0 aliphatic carbocycles. The van der Waals surface area contributed by atoms with Gasteiger partial charge in [-0.2, -0.15) is 0 Å². The van der Waals surface area contributed by atoms with Crippen molar-refractivity contribution in [3.05, 3.63) is 192 Å². The Hall–Kier alpha value is -7.04. The topological polar surface area (TPSA) is 50.9 Å². The Kier molecular flexibility index (Phi) is 9.95. The van der Waals surface area contributed by atoms with Crippen LogP contribution in [0.25, 0.3) is 83.9 Å². The highest BCUT2D eigenvalue weighted by molar-refractivity contribution is 5.98. The van der Waals surface area contributed by atoms with Gasteiger partial charge in [-0.1, -0.05) is 192 Å². The molecule has 0 radical (unpaired) electrons. The summed E-state index contributed by atoms with van der Waals surface area (Å²) in [5.74, 6) is -1.91. The first kappa shape index (κ1) is 37.9. The molecule has 348 valence electrons. The van der Waals surface area contributed by atoms with Crippen molar-refractivity contribution in [3.63, 3.8) is 0 Å². The first-order valence-corrected chi connectivity index (χ1v) is 23.8. The summed E-state index contributed by atoms with van der Waals surface area (Å²) in [7, 11) is 0. The zero-order valence-corrected chi connectivity index (χ0v) is 41.5. The van der Waals surface area contributed by atoms with E-state index in [1.54, 1.807) is 50.4 Å². The summed E-state index contributed by atoms with van der Waals surface area (Å²) in [4.78, 5) is 10.5. The molecule has 0 bridgehead atoms. The van der Waals surface area contributed by atoms with Crippen molar-refractivity contribution < 1.29 is 16.1 Å². The maximum absolute atomic E-state index is 12.5. The Labute approximate surface area is 422 Å². The molecule has 2 aromatic heterocycles. The van der Waals surface area contributed by atoms with Crippen molar-refractivity contribution in [2.45, 2.75) is 106 Å². The van der Waals surface area contributed by atoms with Crippen LogP contribution in [0.1, 0.15) is 128 Å². The van der Waals surface area contributed by atoms with E-state index in [0.29, 0.717) is 33.7 Å². The summed E-state index contributed by atoms with van der Waals surface area (Å²) in [5, 5.41) is 12.5. The van der Waals surface area contributed by atoms with Crippen molar-refractivity contribution in [1.82, 2.24) is 14.5 Å². The van der Waals surface area contributed by atoms with Gasteiger partial charge in [-0.15, -0.1) is 0 Å². The summed E-state index contributed by atoms with van der Waals surface area (Å²) in [5.41, 5.74) is 11.4. The van der Waals surface area contributed by atoms with Crippen LogP contribution in [0, 0.1) is 5.41 Å². The quantitative estimate of drug-likeness (QED) is 0.149. The molecule has 0 atom stereocenters. The van der Waals surface area contributed by atoms with Crippen molar-refractivity contribution in [2.75, 3.05) is 0 Å². The van der Waals surface area contributed by atoms with Gasteiger partial charge >= 0.3 is 0 Å². The fraction of sp³-hybridized carbons (Fsp3) is 0.262. The molecule has 2 heterocycles. The largest absolute Gasteiger partial charge is 0.507 e. The average molecular weight is 914 g/mol. The molecule has 7 aromatic carbocycles. The highest BCUT2D eigenvalue weighted by Crippen LogP contribution is 2.47. The van der Waals surface area contributed by atoms with E-state index in [1.807, 2.05) is 74.5 Å². The molecule has 0 spiro atoms. The van der Waals surface area contributed by atoms with Crippen LogP contribution in [-0.4, -0.2) is 19.6 Å². The number of rotatable bonds is 10. The minimum atomic E-state index is -2.77. The van der Waals surface area contributed by atoms with E-state index in [9.17, 15) is 7.85 Å². The third kappa shape index (κ3) is 9.06. The van der Waals surface area contributed by atoms with Crippen LogP contribution in [-0.2, 0) is 10.8 Å². The van der Waals surface area contributed by atoms with Crippen molar-refractivity contribution in [2.24, 2.45) is 5.41 Å². The number of aromatic hydroxyl groups is 1. The number of aromatic nitrogens is 3. The first-order valence-electron chi connectivity index (χ1n) is 27.8. The lowest BCUT2D eigenvalue weighted by atomic mass is 9.65. The number of hydrogen-bond acceptors (Lipinski definition) is 3. The van der Waals surface area contributed by atoms with Gasteiger partial charge < -0.3 is 5.11 Å². The summed E-state index contributed by atoms with van der Waals surface area (Å²) in [6.07, 6.45) is 1.74. The Morgan fingerprint density at radius 3 is 1.83 bits per heavy atom. The lowest BCUT2D eigenvalue weighted by molar-refractivity contribution is 0.225. The zero-order chi connectivity index (χ0) is 55.8. The molecule has 0 amide bonds. The molecular weight excluding hydrogens is 839 g/mol. The number of phenolic OH excluding ortho intramolecular Hbond substituents is 1. The highest BCUT2D eigenvalue weighted by Gasteiger charge is 2.35. The number of nitrogens with zero attached hydrogens (tertiary/aromatic N) is 3. The van der Waals surface area contributed by atoms with Crippen LogP contribution >= 0.6 is 0 Å². The molecule has 0 fully saturated rings. The second kappa shape index (κ2) is 18.1. The molecule has 0 unspecified atom stereocenters. The molecule has 69 heavy (non-hydrogen) atoms. The van der Waals surface area contributed by atoms with Gasteiger partial charge in [0, 0.05) is 33.9 Å². The number of para-hydroxylation sites is 1. The third-order valence-electron chi connectivity index (χ3n) is 14.3. The van der Waals surface area contributed by atoms with Gasteiger partial charge in [-0.3, -0.25) is 9.55 Å². The van der Waals surface area contributed by atoms with Crippen LogP contribution in [0.5, 0.6) is 5.75 Å². The minimum absolute atomic E-state index is 0.0691. The summed E-state index contributed by atoms with van der Waals surface area (Å²) >= 11 is 0. The van der Waals surface area contributed by atoms with E-state index in [2.05, 4.69) is 112 Å². The van der Waals surface area contributed by atoms with Crippen LogP contribution in [0.4, 0.5) is 0 Å². The second-order valence-corrected chi connectivity index (χ2v) is 20.6. The van der Waals surface area contributed by atoms with Crippen LogP contribution in [0.3, 0.4) is 0 Å². The van der Waals surface area contributed by atoms with Gasteiger partial charge in [-0.25, -0.2) is 4.98 Å². The number of imidazole rings is 1. The molecule has 9 aromatic rings. The van der Waals surface area contributed by atoms with E-state index in [1.165, 1.54) is 12.5 Å². The standard InChI is InChI=1S/C65H67N3O/c1-41(2)47-37-54(42(3)4)61(69)56(38-47)62-67-60-53(24-19-25-59(60)68(62)58-31-30-52(65(11,12)64(8,9)10)40-55(58)45-22-17-14-18-23-45)49-34-48(43-20-15-13-16-21-43)35-50(36-49)57-39-46(32-33-66-57)44-26-28-51(29-27-44)63(5,6)7/h13-42,69H,1-12H3/i5D3,6D3,41D,42D. The Bertz CT molecular complexity index is 3640. The Balaban J connectivity index is 1.31. The van der Waals surface area contributed by atoms with Crippen LogP contribution < -0.4 is 0 Å². The molecule has 0 saturated carbocycles. The van der Waals surface area contributed by atoms with Crippen LogP contribution in [0.15, 0.2) is 170 Å². The average Bonchev–Trinajstić information content (AvgIpc) is 3.82. The van der Waals surface area contributed by atoms with Crippen molar-refractivity contribution in [1.29, 1.82) is 0 Å². The van der Waals surface area contributed by atoms with Gasteiger partial charge in [0.1, 0.15) is 11.6 Å². The molecule has 4 nitrogen and oxygen atoms in total. The van der Waals surface area contributed by atoms with Crippen molar-refractivity contribution >= 4 is 11.0 Å². The molecule has 4 heteroatoms. The van der Waals surface area contributed by atoms with E-state index in [-0.39, 0.29) is 22.1 Å². The first-order chi connectivity index (χ1) is 35.9. The predicted molar refractivity (Wildman–Crippen MR) is 293 cm³/mol. The third-order valence-corrected chi connectivity index (χ3v) is 14.3. The van der Waals surface area contributed by atoms with Gasteiger partial charge in [0.2, 0.25) is 0 Å². The fourth-order valence-corrected chi connectivity index (χ4v) is 9.13. The van der Waals surface area contributed by atoms with Gasteiger partial charge in [0.25, 0.3) is 0 Å². The monoisotopic (exact) mass is 914 g/mol. The van der Waals surface area contributed by atoms with E-state index in [0.717, 1.165) is 61.3 Å². The maximum Gasteiger partial charge on any atom is 0.149 e. The number of fused-ring (bicyclic) bond motifs is 1. The Morgan fingerprint density at radius 2 is 1.17 bits per heavy atom. The van der Waals surface area contributed by atoms with Crippen molar-refractivity contribution in [3.8, 4) is 78.6 Å². The van der Waals surface area contributed by atoms with Crippen LogP contribution in [0.2, 0.25) is 0 Å². The molecule has 0 aliphatic heterocycles. The van der Waals surface area contributed by atoms with E-state index >= 15 is 0 Å². The highest BCUT2D eigenvalue weighted by atomic mass is 16.3. The minimum Gasteiger partial charge on any atom is -0.507 e. The van der Waals surface area contributed by atoms with Gasteiger partial charge in [0.15, 0.2) is 0 Å². The summed E-state index contributed by atoms with van der Waals surface area (Å²) in [6.45, 7) is 14.2. The fourth-order valence-electron chi connectivity index (χ4n) is 9.13. The molecule has 9 rings (SSSR count). The molecule has 1 N–H and O–H groups in total. The smallest absolute Gasteiger partial charge is 0.149 e. The molecule has 0 saturated heterocycles. The van der Waals surface area contributed by atoms with E-state index < -0.39 is 30.9 Å². The SMILES string of the molecule is [2H]C(C)(C)c1cc(-c2nc3c(-c4cc(-c5ccccc5)cc(-c5cc(-c6ccc(C(C)(C([2H])([2H])[2H])C([2H])([2H])[2H])cc6)ccn5)c4)cccc3n2-c2ccc(C(C)(C)C(C)(C)C)cc2-c2ccccc2)c(O)c(C([2H])(C)C)c1. The summed E-state index contributed by atoms with van der Waals surface area (Å²) < 4.78 is 69.8. The normalized spacial score (nSPS) is 14.8.